The molecule has 1 N–H and O–H groups in total. The number of ether oxygens (including phenoxy) is 2. The zero-order valence-electron chi connectivity index (χ0n) is 12.5. The summed E-state index contributed by atoms with van der Waals surface area (Å²) in [6, 6.07) is 7.32. The third-order valence-corrected chi connectivity index (χ3v) is 3.87. The number of aliphatic hydroxyl groups is 1. The van der Waals surface area contributed by atoms with E-state index < -0.39 is 0 Å². The van der Waals surface area contributed by atoms with E-state index in [0.29, 0.717) is 18.9 Å². The molecule has 1 aliphatic rings. The number of rotatable bonds is 6. The first kappa shape index (κ1) is 15.6. The van der Waals surface area contributed by atoms with Crippen LogP contribution in [-0.4, -0.2) is 49.3 Å². The van der Waals surface area contributed by atoms with Crippen molar-refractivity contribution in [1.82, 2.24) is 4.90 Å². The average molecular weight is 293 g/mol. The third kappa shape index (κ3) is 4.63. The van der Waals surface area contributed by atoms with Gasteiger partial charge in [-0.2, -0.15) is 0 Å². The Morgan fingerprint density at radius 3 is 2.43 bits per heavy atom. The molecule has 0 aliphatic carbocycles. The molecule has 0 atom stereocenters. The van der Waals surface area contributed by atoms with Crippen LogP contribution in [0.25, 0.3) is 0 Å². The van der Waals surface area contributed by atoms with Crippen molar-refractivity contribution in [3.8, 4) is 11.5 Å². The second kappa shape index (κ2) is 7.88. The normalized spacial score (nSPS) is 15.8. The Labute approximate surface area is 125 Å². The fourth-order valence-electron chi connectivity index (χ4n) is 2.45. The number of piperidine rings is 1. The Morgan fingerprint density at radius 2 is 1.86 bits per heavy atom. The van der Waals surface area contributed by atoms with Crippen LogP contribution in [0.15, 0.2) is 24.3 Å². The number of hydrogen-bond donors (Lipinski definition) is 1. The molecule has 21 heavy (non-hydrogen) atoms. The number of likely N-dealkylation sites (tertiary alicyclic amines) is 1. The van der Waals surface area contributed by atoms with E-state index in [1.165, 1.54) is 0 Å². The molecule has 1 aromatic rings. The van der Waals surface area contributed by atoms with Crippen LogP contribution in [-0.2, 0) is 4.79 Å². The number of aliphatic hydroxyl groups excluding tert-OH is 1. The highest BCUT2D eigenvalue weighted by molar-refractivity contribution is 5.76. The highest BCUT2D eigenvalue weighted by Gasteiger charge is 2.21. The van der Waals surface area contributed by atoms with E-state index in [-0.39, 0.29) is 12.5 Å². The van der Waals surface area contributed by atoms with Crippen LogP contribution < -0.4 is 9.47 Å². The molecule has 0 unspecified atom stereocenters. The van der Waals surface area contributed by atoms with Gasteiger partial charge in [-0.1, -0.05) is 0 Å². The first-order valence-corrected chi connectivity index (χ1v) is 7.38. The molecule has 0 saturated carbocycles. The third-order valence-electron chi connectivity index (χ3n) is 3.87. The van der Waals surface area contributed by atoms with Crippen molar-refractivity contribution in [3.05, 3.63) is 24.3 Å². The van der Waals surface area contributed by atoms with Crippen molar-refractivity contribution in [2.24, 2.45) is 5.92 Å². The highest BCUT2D eigenvalue weighted by atomic mass is 16.5. The molecule has 0 bridgehead atoms. The fraction of sp³-hybridized carbons (Fsp3) is 0.562. The topological polar surface area (TPSA) is 59.0 Å². The van der Waals surface area contributed by atoms with Crippen LogP contribution >= 0.6 is 0 Å². The summed E-state index contributed by atoms with van der Waals surface area (Å²) in [6.07, 6.45) is 2.17. The van der Waals surface area contributed by atoms with Gasteiger partial charge in [0.2, 0.25) is 5.91 Å². The lowest BCUT2D eigenvalue weighted by atomic mass is 9.98. The van der Waals surface area contributed by atoms with E-state index in [9.17, 15) is 4.79 Å². The molecule has 1 aromatic carbocycles. The van der Waals surface area contributed by atoms with Crippen molar-refractivity contribution < 1.29 is 19.4 Å². The highest BCUT2D eigenvalue weighted by Crippen LogP contribution is 2.18. The monoisotopic (exact) mass is 293 g/mol. The van der Waals surface area contributed by atoms with Crippen LogP contribution in [0.1, 0.15) is 19.3 Å². The summed E-state index contributed by atoms with van der Waals surface area (Å²) in [7, 11) is 1.62. The summed E-state index contributed by atoms with van der Waals surface area (Å²) in [6.45, 7) is 2.09. The Morgan fingerprint density at radius 1 is 1.24 bits per heavy atom. The summed E-state index contributed by atoms with van der Waals surface area (Å²) in [4.78, 5) is 13.9. The molecule has 1 fully saturated rings. The van der Waals surface area contributed by atoms with Crippen molar-refractivity contribution in [2.75, 3.05) is 33.4 Å². The minimum Gasteiger partial charge on any atom is -0.497 e. The van der Waals surface area contributed by atoms with E-state index in [0.717, 1.165) is 37.4 Å². The van der Waals surface area contributed by atoms with Gasteiger partial charge in [-0.3, -0.25) is 4.79 Å². The van der Waals surface area contributed by atoms with Gasteiger partial charge in [-0.05, 0) is 43.0 Å². The minimum atomic E-state index is 0.125. The SMILES string of the molecule is COc1ccc(OCCC(=O)N2CCC(CO)CC2)cc1. The van der Waals surface area contributed by atoms with Crippen molar-refractivity contribution in [2.45, 2.75) is 19.3 Å². The predicted molar refractivity (Wildman–Crippen MR) is 79.5 cm³/mol. The maximum Gasteiger partial charge on any atom is 0.225 e. The lowest BCUT2D eigenvalue weighted by molar-refractivity contribution is -0.133. The quantitative estimate of drug-likeness (QED) is 0.867. The molecular formula is C16H23NO4. The molecule has 116 valence electrons. The maximum atomic E-state index is 12.0. The minimum absolute atomic E-state index is 0.125. The van der Waals surface area contributed by atoms with Gasteiger partial charge in [-0.25, -0.2) is 0 Å². The molecule has 0 aromatic heterocycles. The molecule has 0 spiro atoms. The molecule has 5 heteroatoms. The molecule has 1 heterocycles. The fourth-order valence-corrected chi connectivity index (χ4v) is 2.45. The Balaban J connectivity index is 1.69. The van der Waals surface area contributed by atoms with Gasteiger partial charge in [0.1, 0.15) is 11.5 Å². The molecule has 1 aliphatic heterocycles. The second-order valence-electron chi connectivity index (χ2n) is 5.28. The lowest BCUT2D eigenvalue weighted by Gasteiger charge is -2.31. The van der Waals surface area contributed by atoms with E-state index in [2.05, 4.69) is 0 Å². The van der Waals surface area contributed by atoms with Gasteiger partial charge in [0.25, 0.3) is 0 Å². The van der Waals surface area contributed by atoms with Gasteiger partial charge < -0.3 is 19.5 Å². The molecule has 0 radical (unpaired) electrons. The van der Waals surface area contributed by atoms with Crippen molar-refractivity contribution >= 4 is 5.91 Å². The molecule has 1 saturated heterocycles. The Kier molecular flexibility index (Phi) is 5.87. The summed E-state index contributed by atoms with van der Waals surface area (Å²) >= 11 is 0. The molecule has 5 nitrogen and oxygen atoms in total. The molecular weight excluding hydrogens is 270 g/mol. The zero-order chi connectivity index (χ0) is 15.1. The van der Waals surface area contributed by atoms with Crippen LogP contribution in [0, 0.1) is 5.92 Å². The maximum absolute atomic E-state index is 12.0. The molecule has 2 rings (SSSR count). The van der Waals surface area contributed by atoms with Gasteiger partial charge >= 0.3 is 0 Å². The van der Waals surface area contributed by atoms with Gasteiger partial charge in [0.15, 0.2) is 0 Å². The van der Waals surface area contributed by atoms with Crippen LogP contribution in [0.2, 0.25) is 0 Å². The van der Waals surface area contributed by atoms with Crippen LogP contribution in [0.4, 0.5) is 0 Å². The lowest BCUT2D eigenvalue weighted by Crippen LogP contribution is -2.39. The largest absolute Gasteiger partial charge is 0.497 e. The number of carbonyl (C=O) groups is 1. The van der Waals surface area contributed by atoms with E-state index >= 15 is 0 Å². The van der Waals surface area contributed by atoms with Crippen LogP contribution in [0.3, 0.4) is 0 Å². The second-order valence-corrected chi connectivity index (χ2v) is 5.28. The van der Waals surface area contributed by atoms with E-state index in [1.54, 1.807) is 7.11 Å². The molecule has 1 amide bonds. The first-order chi connectivity index (χ1) is 10.2. The summed E-state index contributed by atoms with van der Waals surface area (Å²) in [5, 5.41) is 9.09. The standard InChI is InChI=1S/C16H23NO4/c1-20-14-2-4-15(5-3-14)21-11-8-16(19)17-9-6-13(12-18)7-10-17/h2-5,13,18H,6-12H2,1H3. The summed E-state index contributed by atoms with van der Waals surface area (Å²) in [5.41, 5.74) is 0. The first-order valence-electron chi connectivity index (χ1n) is 7.38. The number of methoxy groups -OCH3 is 1. The van der Waals surface area contributed by atoms with E-state index in [1.807, 2.05) is 29.2 Å². The number of hydrogen-bond acceptors (Lipinski definition) is 4. The predicted octanol–water partition coefficient (Wildman–Crippen LogP) is 1.70. The number of benzene rings is 1. The number of carbonyl (C=O) groups excluding carboxylic acids is 1. The van der Waals surface area contributed by atoms with Gasteiger partial charge in [0.05, 0.1) is 20.1 Å². The van der Waals surface area contributed by atoms with Crippen molar-refractivity contribution in [1.29, 1.82) is 0 Å². The smallest absolute Gasteiger partial charge is 0.225 e. The van der Waals surface area contributed by atoms with Gasteiger partial charge in [0, 0.05) is 19.7 Å². The Bertz CT molecular complexity index is 438. The van der Waals surface area contributed by atoms with Crippen molar-refractivity contribution in [3.63, 3.8) is 0 Å². The van der Waals surface area contributed by atoms with Gasteiger partial charge in [-0.15, -0.1) is 0 Å². The number of amides is 1. The van der Waals surface area contributed by atoms with Crippen LogP contribution in [0.5, 0.6) is 11.5 Å². The average Bonchev–Trinajstić information content (AvgIpc) is 2.55. The van der Waals surface area contributed by atoms with E-state index in [4.69, 9.17) is 14.6 Å². The summed E-state index contributed by atoms with van der Waals surface area (Å²) in [5.74, 6) is 2.00. The number of nitrogens with zero attached hydrogens (tertiary/aromatic N) is 1. The summed E-state index contributed by atoms with van der Waals surface area (Å²) < 4.78 is 10.6. The Hall–Kier alpha value is -1.75. The zero-order valence-corrected chi connectivity index (χ0v) is 12.5.